The van der Waals surface area contributed by atoms with Crippen LogP contribution in [0.1, 0.15) is 13.3 Å². The van der Waals surface area contributed by atoms with Gasteiger partial charge in [-0.2, -0.15) is 0 Å². The molecule has 0 saturated carbocycles. The molecule has 5 nitrogen and oxygen atoms in total. The lowest BCUT2D eigenvalue weighted by Crippen LogP contribution is -2.31. The van der Waals surface area contributed by atoms with E-state index in [9.17, 15) is 14.4 Å². The van der Waals surface area contributed by atoms with Crippen molar-refractivity contribution < 1.29 is 19.1 Å². The second kappa shape index (κ2) is 4.43. The van der Waals surface area contributed by atoms with Crippen molar-refractivity contribution in [3.05, 3.63) is 0 Å². The number of alkyl carbamates (subject to hydrolysis) is 1. The minimum atomic E-state index is -0.851. The van der Waals surface area contributed by atoms with Crippen LogP contribution < -0.4 is 5.32 Å². The maximum Gasteiger partial charge on any atom is 0.413 e. The first-order valence-electron chi connectivity index (χ1n) is 2.93. The predicted octanol–water partition coefficient (Wildman–Crippen LogP) is -0.152. The normalized spacial score (nSPS) is 8.55. The van der Waals surface area contributed by atoms with Gasteiger partial charge in [0.2, 0.25) is 5.91 Å². The van der Waals surface area contributed by atoms with Crippen molar-refractivity contribution >= 4 is 17.8 Å². The second-order valence-corrected chi connectivity index (χ2v) is 1.92. The van der Waals surface area contributed by atoms with Crippen LogP contribution in [0.15, 0.2) is 0 Å². The van der Waals surface area contributed by atoms with E-state index in [2.05, 4.69) is 4.74 Å². The van der Waals surface area contributed by atoms with Gasteiger partial charge >= 0.3 is 6.09 Å². The molecule has 0 fully saturated rings. The van der Waals surface area contributed by atoms with Crippen molar-refractivity contribution in [1.29, 1.82) is 0 Å². The van der Waals surface area contributed by atoms with Crippen LogP contribution in [0.25, 0.3) is 0 Å². The van der Waals surface area contributed by atoms with E-state index in [4.69, 9.17) is 0 Å². The molecular weight excluding hydrogens is 150 g/mol. The number of carbonyl (C=O) groups is 3. The van der Waals surface area contributed by atoms with Gasteiger partial charge in [0.25, 0.3) is 0 Å². The molecule has 5 heteroatoms. The number of ketones is 1. The molecule has 2 amide bonds. The lowest BCUT2D eigenvalue weighted by atomic mass is 10.3. The Balaban J connectivity index is 3.70. The van der Waals surface area contributed by atoms with Crippen molar-refractivity contribution in [3.63, 3.8) is 0 Å². The van der Waals surface area contributed by atoms with Crippen LogP contribution in [0.2, 0.25) is 0 Å². The van der Waals surface area contributed by atoms with Crippen molar-refractivity contribution in [2.75, 3.05) is 7.11 Å². The third kappa shape index (κ3) is 5.07. The molecule has 0 aromatic rings. The Bertz CT molecular complexity index is 187. The summed E-state index contributed by atoms with van der Waals surface area (Å²) in [4.78, 5) is 31.2. The Morgan fingerprint density at radius 2 is 1.91 bits per heavy atom. The zero-order valence-corrected chi connectivity index (χ0v) is 6.34. The van der Waals surface area contributed by atoms with Gasteiger partial charge in [0, 0.05) is 0 Å². The van der Waals surface area contributed by atoms with E-state index < -0.39 is 12.0 Å². The van der Waals surface area contributed by atoms with Crippen molar-refractivity contribution in [2.45, 2.75) is 13.3 Å². The van der Waals surface area contributed by atoms with Crippen molar-refractivity contribution in [3.8, 4) is 0 Å². The second-order valence-electron chi connectivity index (χ2n) is 1.92. The molecule has 11 heavy (non-hydrogen) atoms. The number of hydrogen-bond acceptors (Lipinski definition) is 4. The van der Waals surface area contributed by atoms with Crippen LogP contribution in [0.3, 0.4) is 0 Å². The number of ether oxygens (including phenoxy) is 1. The van der Waals surface area contributed by atoms with E-state index >= 15 is 0 Å². The molecule has 0 unspecified atom stereocenters. The largest absolute Gasteiger partial charge is 0.453 e. The van der Waals surface area contributed by atoms with E-state index in [-0.39, 0.29) is 12.2 Å². The topological polar surface area (TPSA) is 72.5 Å². The summed E-state index contributed by atoms with van der Waals surface area (Å²) in [5.74, 6) is -0.948. The van der Waals surface area contributed by atoms with Gasteiger partial charge in [-0.05, 0) is 6.92 Å². The average Bonchev–Trinajstić information content (AvgIpc) is 1.85. The monoisotopic (exact) mass is 159 g/mol. The lowest BCUT2D eigenvalue weighted by Gasteiger charge is -1.98. The number of amides is 2. The Kier molecular flexibility index (Phi) is 3.87. The summed E-state index contributed by atoms with van der Waals surface area (Å²) >= 11 is 0. The molecule has 62 valence electrons. The first-order valence-corrected chi connectivity index (χ1v) is 2.93. The van der Waals surface area contributed by atoms with E-state index in [0.717, 1.165) is 7.11 Å². The third-order valence-electron chi connectivity index (χ3n) is 0.836. The number of methoxy groups -OCH3 is 1. The summed E-state index contributed by atoms with van der Waals surface area (Å²) < 4.78 is 4.12. The first-order chi connectivity index (χ1) is 5.06. The minimum absolute atomic E-state index is 0.297. The van der Waals surface area contributed by atoms with E-state index in [1.807, 2.05) is 5.32 Å². The van der Waals surface area contributed by atoms with E-state index in [1.165, 1.54) is 6.92 Å². The van der Waals surface area contributed by atoms with Gasteiger partial charge < -0.3 is 4.74 Å². The van der Waals surface area contributed by atoms with Crippen molar-refractivity contribution in [2.24, 2.45) is 0 Å². The molecule has 0 radical (unpaired) electrons. The third-order valence-corrected chi connectivity index (χ3v) is 0.836. The van der Waals surface area contributed by atoms with Gasteiger partial charge in [-0.1, -0.05) is 0 Å². The zero-order chi connectivity index (χ0) is 8.85. The maximum absolute atomic E-state index is 10.6. The van der Waals surface area contributed by atoms with Gasteiger partial charge in [-0.15, -0.1) is 0 Å². The molecule has 0 aliphatic rings. The van der Waals surface area contributed by atoms with Crippen LogP contribution in [-0.2, 0) is 14.3 Å². The highest BCUT2D eigenvalue weighted by Crippen LogP contribution is 1.82. The van der Waals surface area contributed by atoms with Gasteiger partial charge in [-0.25, -0.2) is 4.79 Å². The fourth-order valence-corrected chi connectivity index (χ4v) is 0.435. The Morgan fingerprint density at radius 1 is 1.36 bits per heavy atom. The summed E-state index contributed by atoms with van der Waals surface area (Å²) in [5, 5.41) is 1.84. The zero-order valence-electron chi connectivity index (χ0n) is 6.34. The molecule has 0 atom stereocenters. The maximum atomic E-state index is 10.6. The van der Waals surface area contributed by atoms with Gasteiger partial charge in [0.15, 0.2) is 0 Å². The number of nitrogens with one attached hydrogen (secondary N) is 1. The molecule has 0 aliphatic carbocycles. The Hall–Kier alpha value is -1.39. The molecule has 0 heterocycles. The van der Waals surface area contributed by atoms with Crippen LogP contribution in [-0.4, -0.2) is 24.9 Å². The fourth-order valence-electron chi connectivity index (χ4n) is 0.435. The highest BCUT2D eigenvalue weighted by atomic mass is 16.5. The minimum Gasteiger partial charge on any atom is -0.453 e. The van der Waals surface area contributed by atoms with E-state index in [0.29, 0.717) is 0 Å². The first kappa shape index (κ1) is 9.61. The standard InChI is InChI=1S/C6H9NO4/c1-4(8)3-5(9)7-6(10)11-2/h3H2,1-2H3,(H,7,9,10). The molecule has 0 bridgehead atoms. The van der Waals surface area contributed by atoms with Crippen molar-refractivity contribution in [1.82, 2.24) is 5.32 Å². The number of carbonyl (C=O) groups excluding carboxylic acids is 3. The molecule has 0 aromatic heterocycles. The van der Waals surface area contributed by atoms with Gasteiger partial charge in [0.1, 0.15) is 5.78 Å². The van der Waals surface area contributed by atoms with Crippen LogP contribution in [0, 0.1) is 0 Å². The SMILES string of the molecule is COC(=O)NC(=O)CC(C)=O. The smallest absolute Gasteiger partial charge is 0.413 e. The number of hydrogen-bond donors (Lipinski definition) is 1. The molecule has 0 saturated heterocycles. The van der Waals surface area contributed by atoms with Crippen LogP contribution in [0.5, 0.6) is 0 Å². The summed E-state index contributed by atoms with van der Waals surface area (Å²) in [5.41, 5.74) is 0. The molecule has 0 aromatic carbocycles. The molecular formula is C6H9NO4. The summed E-state index contributed by atoms with van der Waals surface area (Å²) in [7, 11) is 1.14. The number of Topliss-reactive ketones (excluding diaryl/α,β-unsaturated/α-hetero) is 1. The summed E-state index contributed by atoms with van der Waals surface area (Å²) in [6, 6.07) is 0. The van der Waals surface area contributed by atoms with Crippen LogP contribution >= 0.6 is 0 Å². The summed E-state index contributed by atoms with van der Waals surface area (Å²) in [6.07, 6.45) is -1.15. The van der Waals surface area contributed by atoms with E-state index in [1.54, 1.807) is 0 Å². The number of imide groups is 1. The van der Waals surface area contributed by atoms with Crippen LogP contribution in [0.4, 0.5) is 4.79 Å². The fraction of sp³-hybridized carbons (Fsp3) is 0.500. The molecule has 0 aliphatic heterocycles. The molecule has 1 N–H and O–H groups in total. The molecule has 0 rings (SSSR count). The molecule has 0 spiro atoms. The highest BCUT2D eigenvalue weighted by molar-refractivity contribution is 6.02. The van der Waals surface area contributed by atoms with Gasteiger partial charge in [-0.3, -0.25) is 14.9 Å². The Labute approximate surface area is 63.7 Å². The summed E-state index contributed by atoms with van der Waals surface area (Å²) in [6.45, 7) is 1.26. The highest BCUT2D eigenvalue weighted by Gasteiger charge is 2.08. The quantitative estimate of drug-likeness (QED) is 0.568. The predicted molar refractivity (Wildman–Crippen MR) is 35.8 cm³/mol. The van der Waals surface area contributed by atoms with Gasteiger partial charge in [0.05, 0.1) is 13.5 Å². The average molecular weight is 159 g/mol. The lowest BCUT2D eigenvalue weighted by molar-refractivity contribution is -0.126. The Morgan fingerprint density at radius 3 is 2.27 bits per heavy atom. The number of rotatable bonds is 2.